The monoisotopic (exact) mass is 357 g/mol. The van der Waals surface area contributed by atoms with Crippen LogP contribution < -0.4 is 10.7 Å². The van der Waals surface area contributed by atoms with Crippen LogP contribution in [0, 0.1) is 0 Å². The van der Waals surface area contributed by atoms with Crippen molar-refractivity contribution in [1.82, 2.24) is 20.4 Å². The van der Waals surface area contributed by atoms with Crippen LogP contribution in [0.25, 0.3) is 10.9 Å². The second kappa shape index (κ2) is 5.60. The molecule has 126 valence electrons. The van der Waals surface area contributed by atoms with Gasteiger partial charge in [-0.2, -0.15) is 18.6 Å². The lowest BCUT2D eigenvalue weighted by atomic mass is 9.84. The van der Waals surface area contributed by atoms with Gasteiger partial charge in [0.15, 0.2) is 5.71 Å². The topological polar surface area (TPSA) is 69.6 Å². The Morgan fingerprint density at radius 2 is 2.12 bits per heavy atom. The Morgan fingerprint density at radius 3 is 2.79 bits per heavy atom. The zero-order valence-corrected chi connectivity index (χ0v) is 13.0. The summed E-state index contributed by atoms with van der Waals surface area (Å²) in [6, 6.07) is 7.22. The van der Waals surface area contributed by atoms with Crippen LogP contribution in [0.1, 0.15) is 5.56 Å². The predicted octanol–water partition coefficient (Wildman–Crippen LogP) is 2.07. The summed E-state index contributed by atoms with van der Waals surface area (Å²) in [5, 5.41) is 6.14. The highest BCUT2D eigenvalue weighted by atomic mass is 35.5. The number of nitrogens with zero attached hydrogens (tertiary/aromatic N) is 3. The molecule has 1 aliphatic heterocycles. The summed E-state index contributed by atoms with van der Waals surface area (Å²) < 4.78 is 42.4. The summed E-state index contributed by atoms with van der Waals surface area (Å²) in [6.07, 6.45) is -3.34. The van der Waals surface area contributed by atoms with Crippen LogP contribution in [0.4, 0.5) is 13.2 Å². The van der Waals surface area contributed by atoms with E-state index in [2.05, 4.69) is 15.4 Å². The van der Waals surface area contributed by atoms with E-state index in [1.165, 1.54) is 31.4 Å². The molecule has 1 aromatic heterocycles. The summed E-state index contributed by atoms with van der Waals surface area (Å²) in [6.45, 7) is 0. The molecule has 2 N–H and O–H groups in total. The molecule has 1 amide bonds. The standard InChI is InChI=1S/C14H11ClF3N5O/c1-19-12(24)11-13(14(16,17)18,22-23(15)21-11)9-4-5-10-8(7-9)3-2-6-20-10/h2-7,22H,1H3,(H,19,24). The van der Waals surface area contributed by atoms with E-state index in [1.807, 2.05) is 5.43 Å². The summed E-state index contributed by atoms with van der Waals surface area (Å²) in [4.78, 5) is 16.1. The number of halogens is 4. The predicted molar refractivity (Wildman–Crippen MR) is 81.8 cm³/mol. The highest BCUT2D eigenvalue weighted by Gasteiger charge is 2.65. The third-order valence-electron chi connectivity index (χ3n) is 3.71. The number of alkyl halides is 3. The fourth-order valence-corrected chi connectivity index (χ4v) is 2.79. The van der Waals surface area contributed by atoms with E-state index >= 15 is 0 Å². The Labute approximate surface area is 139 Å². The number of pyridine rings is 1. The molecule has 0 saturated heterocycles. The second-order valence-corrected chi connectivity index (χ2v) is 5.38. The van der Waals surface area contributed by atoms with Gasteiger partial charge in [0.2, 0.25) is 5.54 Å². The molecular formula is C14H11ClF3N5O. The molecule has 6 nitrogen and oxygen atoms in total. The number of aromatic nitrogens is 1. The molecule has 2 heterocycles. The molecular weight excluding hydrogens is 347 g/mol. The Balaban J connectivity index is 2.26. The highest BCUT2D eigenvalue weighted by molar-refractivity contribution is 6.43. The van der Waals surface area contributed by atoms with E-state index < -0.39 is 23.3 Å². The molecule has 1 aliphatic rings. The van der Waals surface area contributed by atoms with Gasteiger partial charge in [0.05, 0.1) is 17.3 Å². The number of amides is 1. The number of carbonyl (C=O) groups is 1. The number of carbonyl (C=O) groups excluding carboxylic acids is 1. The minimum atomic E-state index is -4.88. The van der Waals surface area contributed by atoms with Crippen molar-refractivity contribution in [2.75, 3.05) is 7.05 Å². The molecule has 2 aromatic rings. The summed E-state index contributed by atoms with van der Waals surface area (Å²) in [5.41, 5.74) is -1.31. The lowest BCUT2D eigenvalue weighted by Crippen LogP contribution is -2.60. The highest BCUT2D eigenvalue weighted by Crippen LogP contribution is 2.44. The molecule has 1 atom stereocenters. The first-order valence-corrected chi connectivity index (χ1v) is 7.10. The molecule has 24 heavy (non-hydrogen) atoms. The summed E-state index contributed by atoms with van der Waals surface area (Å²) in [5.74, 6) is -0.991. The number of benzene rings is 1. The average molecular weight is 358 g/mol. The van der Waals surface area contributed by atoms with E-state index in [9.17, 15) is 18.0 Å². The molecule has 0 bridgehead atoms. The normalized spacial score (nSPS) is 21.0. The maximum atomic E-state index is 14.0. The molecule has 0 radical (unpaired) electrons. The average Bonchev–Trinajstić information content (AvgIpc) is 2.92. The molecule has 0 saturated carbocycles. The fraction of sp³-hybridized carbons (Fsp3) is 0.214. The smallest absolute Gasteiger partial charge is 0.354 e. The van der Waals surface area contributed by atoms with Gasteiger partial charge >= 0.3 is 6.18 Å². The van der Waals surface area contributed by atoms with Crippen LogP contribution in [0.2, 0.25) is 0 Å². The summed E-state index contributed by atoms with van der Waals surface area (Å²) >= 11 is 5.61. The van der Waals surface area contributed by atoms with Gasteiger partial charge in [-0.3, -0.25) is 9.78 Å². The van der Waals surface area contributed by atoms with Gasteiger partial charge in [-0.05, 0) is 23.8 Å². The van der Waals surface area contributed by atoms with E-state index in [0.29, 0.717) is 15.5 Å². The molecule has 0 fully saturated rings. The van der Waals surface area contributed by atoms with E-state index in [0.717, 1.165) is 0 Å². The Hall–Kier alpha value is -2.39. The maximum Gasteiger partial charge on any atom is 0.418 e. The van der Waals surface area contributed by atoms with Crippen LogP contribution in [0.15, 0.2) is 41.6 Å². The van der Waals surface area contributed by atoms with Gasteiger partial charge in [0.25, 0.3) is 5.91 Å². The fourth-order valence-electron chi connectivity index (χ4n) is 2.58. The first kappa shape index (κ1) is 16.5. The van der Waals surface area contributed by atoms with Crippen LogP contribution in [-0.2, 0) is 10.3 Å². The Morgan fingerprint density at radius 1 is 1.38 bits per heavy atom. The quantitative estimate of drug-likeness (QED) is 0.807. The number of hydrogen-bond donors (Lipinski definition) is 2. The van der Waals surface area contributed by atoms with Gasteiger partial charge in [-0.15, -0.1) is 9.74 Å². The zero-order valence-electron chi connectivity index (χ0n) is 12.2. The molecule has 3 rings (SSSR count). The second-order valence-electron chi connectivity index (χ2n) is 5.06. The first-order chi connectivity index (χ1) is 11.3. The molecule has 1 aromatic carbocycles. The van der Waals surface area contributed by atoms with Crippen molar-refractivity contribution in [2.45, 2.75) is 11.7 Å². The van der Waals surface area contributed by atoms with Crippen molar-refractivity contribution in [3.05, 3.63) is 42.1 Å². The van der Waals surface area contributed by atoms with E-state index in [4.69, 9.17) is 11.8 Å². The Bertz CT molecular complexity index is 841. The van der Waals surface area contributed by atoms with Crippen LogP contribution in [0.5, 0.6) is 0 Å². The minimum Gasteiger partial charge on any atom is -0.354 e. The lowest BCUT2D eigenvalue weighted by Gasteiger charge is -2.32. The van der Waals surface area contributed by atoms with Gasteiger partial charge in [-0.1, -0.05) is 12.1 Å². The van der Waals surface area contributed by atoms with Crippen LogP contribution in [-0.4, -0.2) is 34.5 Å². The summed E-state index contributed by atoms with van der Waals surface area (Å²) in [7, 11) is 1.22. The van der Waals surface area contributed by atoms with E-state index in [1.54, 1.807) is 12.1 Å². The van der Waals surface area contributed by atoms with Gasteiger partial charge in [0.1, 0.15) is 0 Å². The first-order valence-electron chi connectivity index (χ1n) is 6.76. The number of hydrazine groups is 1. The van der Waals surface area contributed by atoms with Gasteiger partial charge in [0, 0.05) is 18.6 Å². The molecule has 0 spiro atoms. The van der Waals surface area contributed by atoms with Crippen molar-refractivity contribution in [3.8, 4) is 0 Å². The third kappa shape index (κ3) is 2.36. The number of fused-ring (bicyclic) bond motifs is 1. The van der Waals surface area contributed by atoms with Crippen molar-refractivity contribution in [2.24, 2.45) is 5.10 Å². The van der Waals surface area contributed by atoms with Gasteiger partial charge < -0.3 is 5.32 Å². The van der Waals surface area contributed by atoms with Crippen molar-refractivity contribution < 1.29 is 18.0 Å². The zero-order chi connectivity index (χ0) is 17.5. The third-order valence-corrected chi connectivity index (χ3v) is 3.87. The van der Waals surface area contributed by atoms with Gasteiger partial charge in [-0.25, -0.2) is 0 Å². The number of hydrazone groups is 1. The van der Waals surface area contributed by atoms with Crippen LogP contribution >= 0.6 is 11.8 Å². The SMILES string of the molecule is CNC(=O)C1=NN(Cl)NC1(c1ccc2ncccc2c1)C(F)(F)F. The van der Waals surface area contributed by atoms with Crippen molar-refractivity contribution >= 4 is 34.3 Å². The molecule has 10 heteroatoms. The number of rotatable bonds is 2. The largest absolute Gasteiger partial charge is 0.418 e. The van der Waals surface area contributed by atoms with Crippen molar-refractivity contribution in [3.63, 3.8) is 0 Å². The lowest BCUT2D eigenvalue weighted by molar-refractivity contribution is -0.183. The molecule has 0 aliphatic carbocycles. The number of hydrogen-bond acceptors (Lipinski definition) is 5. The minimum absolute atomic E-state index is 0.221. The maximum absolute atomic E-state index is 14.0. The molecule has 1 unspecified atom stereocenters. The number of nitrogens with one attached hydrogen (secondary N) is 2. The van der Waals surface area contributed by atoms with E-state index in [-0.39, 0.29) is 5.56 Å². The Kier molecular flexibility index (Phi) is 3.84. The van der Waals surface area contributed by atoms with Crippen molar-refractivity contribution in [1.29, 1.82) is 0 Å². The van der Waals surface area contributed by atoms with Crippen LogP contribution in [0.3, 0.4) is 0 Å².